The van der Waals surface area contributed by atoms with Crippen LogP contribution in [0.5, 0.6) is 0 Å². The summed E-state index contributed by atoms with van der Waals surface area (Å²) in [5.74, 6) is -0.192. The first-order valence-corrected chi connectivity index (χ1v) is 6.54. The third-order valence-corrected chi connectivity index (χ3v) is 3.23. The number of hydrogen-bond donors (Lipinski definition) is 0. The molecule has 0 unspecified atom stereocenters. The lowest BCUT2D eigenvalue weighted by Gasteiger charge is -2.05. The molecule has 0 N–H and O–H groups in total. The van der Waals surface area contributed by atoms with Gasteiger partial charge in [0.25, 0.3) is 0 Å². The Hall–Kier alpha value is -1.15. The molecule has 2 aromatic rings. The summed E-state index contributed by atoms with van der Waals surface area (Å²) in [6, 6.07) is 13.3. The van der Waals surface area contributed by atoms with Gasteiger partial charge in [0.15, 0.2) is 0 Å². The number of rotatable bonds is 3. The second kappa shape index (κ2) is 5.46. The Balaban J connectivity index is 2.33. The van der Waals surface area contributed by atoms with E-state index in [-0.39, 0.29) is 5.82 Å². The third-order valence-electron chi connectivity index (χ3n) is 2.73. The molecule has 0 saturated carbocycles. The minimum Gasteiger partial charge on any atom is -0.206 e. The van der Waals surface area contributed by atoms with Crippen LogP contribution < -0.4 is 0 Å². The quantitative estimate of drug-likeness (QED) is 0.729. The predicted octanol–water partition coefficient (Wildman–Crippen LogP) is 5.21. The maximum Gasteiger partial charge on any atom is 0.132 e. The van der Waals surface area contributed by atoms with Gasteiger partial charge in [-0.05, 0) is 29.7 Å². The highest BCUT2D eigenvalue weighted by atomic mass is 79.9. The summed E-state index contributed by atoms with van der Waals surface area (Å²) >= 11 is 3.26. The molecule has 0 amide bonds. The van der Waals surface area contributed by atoms with Crippen molar-refractivity contribution in [3.8, 4) is 11.1 Å². The number of benzene rings is 2. The molecular weight excluding hydrogens is 279 g/mol. The molecule has 0 aliphatic heterocycles. The molecule has 0 saturated heterocycles. The van der Waals surface area contributed by atoms with Crippen molar-refractivity contribution in [3.05, 3.63) is 58.3 Å². The van der Waals surface area contributed by atoms with Gasteiger partial charge in [-0.25, -0.2) is 4.39 Å². The van der Waals surface area contributed by atoms with E-state index in [4.69, 9.17) is 0 Å². The Morgan fingerprint density at radius 1 is 1.06 bits per heavy atom. The van der Waals surface area contributed by atoms with Crippen LogP contribution >= 0.6 is 15.9 Å². The van der Waals surface area contributed by atoms with E-state index in [1.54, 1.807) is 6.07 Å². The minimum atomic E-state index is -0.192. The van der Waals surface area contributed by atoms with E-state index >= 15 is 0 Å². The Morgan fingerprint density at radius 2 is 1.76 bits per heavy atom. The Labute approximate surface area is 110 Å². The van der Waals surface area contributed by atoms with Crippen LogP contribution in [0.15, 0.2) is 46.9 Å². The Kier molecular flexibility index (Phi) is 3.95. The predicted molar refractivity (Wildman–Crippen MR) is 73.5 cm³/mol. The molecule has 0 aliphatic carbocycles. The molecule has 17 heavy (non-hydrogen) atoms. The van der Waals surface area contributed by atoms with E-state index in [2.05, 4.69) is 35.0 Å². The molecule has 0 nitrogen and oxygen atoms in total. The summed E-state index contributed by atoms with van der Waals surface area (Å²) in [6.07, 6.45) is 2.20. The van der Waals surface area contributed by atoms with Gasteiger partial charge < -0.3 is 0 Å². The van der Waals surface area contributed by atoms with Crippen molar-refractivity contribution in [2.24, 2.45) is 0 Å². The summed E-state index contributed by atoms with van der Waals surface area (Å²) in [4.78, 5) is 0. The fraction of sp³-hybridized carbons (Fsp3) is 0.200. The molecule has 2 aromatic carbocycles. The number of aryl methyl sites for hydroxylation is 1. The molecule has 0 fully saturated rings. The molecule has 0 bridgehead atoms. The maximum atomic E-state index is 13.8. The van der Waals surface area contributed by atoms with E-state index < -0.39 is 0 Å². The summed E-state index contributed by atoms with van der Waals surface area (Å²) in [6.45, 7) is 2.16. The van der Waals surface area contributed by atoms with Crippen molar-refractivity contribution in [1.82, 2.24) is 0 Å². The average Bonchev–Trinajstić information content (AvgIpc) is 2.31. The van der Waals surface area contributed by atoms with Crippen LogP contribution in [0.25, 0.3) is 11.1 Å². The highest BCUT2D eigenvalue weighted by molar-refractivity contribution is 9.10. The minimum absolute atomic E-state index is 0.192. The van der Waals surface area contributed by atoms with Gasteiger partial charge in [-0.1, -0.05) is 59.6 Å². The van der Waals surface area contributed by atoms with Crippen LogP contribution in [0.3, 0.4) is 0 Å². The van der Waals surface area contributed by atoms with Crippen molar-refractivity contribution in [2.75, 3.05) is 0 Å². The normalized spacial score (nSPS) is 10.5. The van der Waals surface area contributed by atoms with Crippen LogP contribution in [0.4, 0.5) is 4.39 Å². The zero-order valence-electron chi connectivity index (χ0n) is 9.71. The van der Waals surface area contributed by atoms with Gasteiger partial charge >= 0.3 is 0 Å². The molecule has 0 atom stereocenters. The average molecular weight is 293 g/mol. The van der Waals surface area contributed by atoms with E-state index in [0.717, 1.165) is 22.9 Å². The first kappa shape index (κ1) is 12.3. The molecule has 0 spiro atoms. The molecule has 0 heterocycles. The first-order chi connectivity index (χ1) is 8.20. The molecule has 2 rings (SSSR count). The van der Waals surface area contributed by atoms with Crippen LogP contribution in [0.2, 0.25) is 0 Å². The highest BCUT2D eigenvalue weighted by Crippen LogP contribution is 2.25. The summed E-state index contributed by atoms with van der Waals surface area (Å²) in [7, 11) is 0. The molecule has 0 aromatic heterocycles. The van der Waals surface area contributed by atoms with Crippen molar-refractivity contribution >= 4 is 15.9 Å². The topological polar surface area (TPSA) is 0 Å². The number of halogens is 2. The third kappa shape index (κ3) is 2.95. The second-order valence-electron chi connectivity index (χ2n) is 4.07. The lowest BCUT2D eigenvalue weighted by atomic mass is 10.0. The van der Waals surface area contributed by atoms with Gasteiger partial charge in [-0.15, -0.1) is 0 Å². The molecular formula is C15H14BrF. The smallest absolute Gasteiger partial charge is 0.132 e. The van der Waals surface area contributed by atoms with Gasteiger partial charge in [-0.3, -0.25) is 0 Å². The van der Waals surface area contributed by atoms with E-state index in [9.17, 15) is 4.39 Å². The van der Waals surface area contributed by atoms with Crippen molar-refractivity contribution in [1.29, 1.82) is 0 Å². The zero-order chi connectivity index (χ0) is 12.3. The number of hydrogen-bond acceptors (Lipinski definition) is 0. The molecule has 0 aliphatic rings. The summed E-state index contributed by atoms with van der Waals surface area (Å²) < 4.78 is 14.5. The standard InChI is InChI=1S/C15H14BrF/c1-2-3-11-4-6-12(7-5-11)14-9-8-13(16)10-15(14)17/h4-10H,2-3H2,1H3. The van der Waals surface area contributed by atoms with Crippen molar-refractivity contribution < 1.29 is 4.39 Å². The second-order valence-corrected chi connectivity index (χ2v) is 4.99. The molecule has 0 radical (unpaired) electrons. The molecule has 2 heteroatoms. The van der Waals surface area contributed by atoms with Crippen LogP contribution in [0, 0.1) is 5.82 Å². The molecule has 88 valence electrons. The highest BCUT2D eigenvalue weighted by Gasteiger charge is 2.05. The fourth-order valence-corrected chi connectivity index (χ4v) is 2.20. The monoisotopic (exact) mass is 292 g/mol. The van der Waals surface area contributed by atoms with Gasteiger partial charge in [0.1, 0.15) is 5.82 Å². The van der Waals surface area contributed by atoms with E-state index in [0.29, 0.717) is 5.56 Å². The summed E-state index contributed by atoms with van der Waals surface area (Å²) in [5, 5.41) is 0. The van der Waals surface area contributed by atoms with Gasteiger partial charge in [0.05, 0.1) is 0 Å². The van der Waals surface area contributed by atoms with Crippen LogP contribution in [-0.4, -0.2) is 0 Å². The Morgan fingerprint density at radius 3 is 2.35 bits per heavy atom. The van der Waals surface area contributed by atoms with Crippen molar-refractivity contribution in [2.45, 2.75) is 19.8 Å². The van der Waals surface area contributed by atoms with Crippen molar-refractivity contribution in [3.63, 3.8) is 0 Å². The zero-order valence-corrected chi connectivity index (χ0v) is 11.3. The fourth-order valence-electron chi connectivity index (χ4n) is 1.86. The van der Waals surface area contributed by atoms with E-state index in [1.165, 1.54) is 11.6 Å². The summed E-state index contributed by atoms with van der Waals surface area (Å²) in [5.41, 5.74) is 2.87. The lowest BCUT2D eigenvalue weighted by molar-refractivity contribution is 0.630. The Bertz CT molecular complexity index is 503. The SMILES string of the molecule is CCCc1ccc(-c2ccc(Br)cc2F)cc1. The largest absolute Gasteiger partial charge is 0.206 e. The van der Waals surface area contributed by atoms with Crippen LogP contribution in [-0.2, 0) is 6.42 Å². The first-order valence-electron chi connectivity index (χ1n) is 5.75. The van der Waals surface area contributed by atoms with Gasteiger partial charge in [0, 0.05) is 10.0 Å². The van der Waals surface area contributed by atoms with Gasteiger partial charge in [0.2, 0.25) is 0 Å². The maximum absolute atomic E-state index is 13.8. The van der Waals surface area contributed by atoms with Gasteiger partial charge in [-0.2, -0.15) is 0 Å². The van der Waals surface area contributed by atoms with Crippen LogP contribution in [0.1, 0.15) is 18.9 Å². The lowest BCUT2D eigenvalue weighted by Crippen LogP contribution is -1.86. The van der Waals surface area contributed by atoms with E-state index in [1.807, 2.05) is 18.2 Å².